The van der Waals surface area contributed by atoms with E-state index in [0.29, 0.717) is 59.6 Å². The van der Waals surface area contributed by atoms with Gasteiger partial charge in [0.2, 0.25) is 21.8 Å². The molecular weight excluding hydrogens is 786 g/mol. The molecule has 0 spiro atoms. The Morgan fingerprint density at radius 2 is 1.82 bits per heavy atom. The fraction of sp³-hybridized carbons (Fsp3) is 0.462. The van der Waals surface area contributed by atoms with Crippen LogP contribution in [-0.2, 0) is 42.2 Å². The number of anilines is 1. The quantitative estimate of drug-likeness (QED) is 0.274. The smallest absolute Gasteiger partial charge is 0.410 e. The van der Waals surface area contributed by atoms with Gasteiger partial charge in [0.15, 0.2) is 16.8 Å². The van der Waals surface area contributed by atoms with E-state index >= 15 is 0 Å². The van der Waals surface area contributed by atoms with Gasteiger partial charge in [-0.3, -0.25) is 24.0 Å². The number of aromatic nitrogens is 1. The van der Waals surface area contributed by atoms with Crippen molar-refractivity contribution < 1.29 is 45.5 Å². The van der Waals surface area contributed by atoms with Crippen molar-refractivity contribution in [1.29, 1.82) is 0 Å². The van der Waals surface area contributed by atoms with Crippen molar-refractivity contribution in [2.24, 2.45) is 5.92 Å². The first-order chi connectivity index (χ1) is 27.3. The molecule has 302 valence electrons. The number of thiazole rings is 1. The van der Waals surface area contributed by atoms with Crippen LogP contribution < -0.4 is 15.4 Å². The maximum absolute atomic E-state index is 14.6. The molecule has 0 bridgehead atoms. The highest BCUT2D eigenvalue weighted by atomic mass is 32.2. The van der Waals surface area contributed by atoms with E-state index < -0.39 is 86.2 Å². The number of allylic oxidation sites excluding steroid dienone is 1. The highest BCUT2D eigenvalue weighted by Gasteiger charge is 2.62. The van der Waals surface area contributed by atoms with Crippen molar-refractivity contribution >= 4 is 50.3 Å². The molecule has 57 heavy (non-hydrogen) atoms. The molecule has 13 nitrogen and oxygen atoms in total. The molecule has 5 atom stereocenters. The number of ether oxygens (including phenoxy) is 1. The van der Waals surface area contributed by atoms with Crippen LogP contribution in [0.5, 0.6) is 0 Å². The highest BCUT2D eigenvalue weighted by Crippen LogP contribution is 2.46. The van der Waals surface area contributed by atoms with Gasteiger partial charge in [0.05, 0.1) is 24.0 Å². The van der Waals surface area contributed by atoms with Crippen LogP contribution >= 0.6 is 11.3 Å². The molecule has 1 saturated heterocycles. The molecule has 4 heterocycles. The van der Waals surface area contributed by atoms with Crippen molar-refractivity contribution in [3.8, 4) is 11.3 Å². The van der Waals surface area contributed by atoms with E-state index in [9.17, 15) is 40.8 Å². The van der Waals surface area contributed by atoms with Gasteiger partial charge in [-0.2, -0.15) is 0 Å². The SMILES string of the molecule is O=C1N[C@]2(C(=O)NS(=O)(=O)C3CC3)C[C@@H]2/C=C\CCCCC[C@H](Nc2nc(-c3ccc(F)c(F)c3)cs2)C(=O)N2C[C@H](OC(=O)N3Cc4cccc(F)c4C3)C[C@@H]12. The average Bonchev–Trinajstić information content (AvgIpc) is 3.97. The second kappa shape index (κ2) is 15.4. The number of hydrogen-bond donors (Lipinski definition) is 3. The Labute approximate surface area is 331 Å². The van der Waals surface area contributed by atoms with Crippen molar-refractivity contribution in [3.05, 3.63) is 82.5 Å². The summed E-state index contributed by atoms with van der Waals surface area (Å²) in [4.78, 5) is 63.3. The maximum Gasteiger partial charge on any atom is 0.410 e. The third kappa shape index (κ3) is 8.10. The van der Waals surface area contributed by atoms with Gasteiger partial charge in [-0.25, -0.2) is 31.4 Å². The number of fused-ring (bicyclic) bond motifs is 3. The Hall–Kier alpha value is -4.97. The third-order valence-corrected chi connectivity index (χ3v) is 13.9. The van der Waals surface area contributed by atoms with Crippen molar-refractivity contribution in [1.82, 2.24) is 24.8 Å². The summed E-state index contributed by atoms with van der Waals surface area (Å²) in [5, 5.41) is 7.30. The fourth-order valence-electron chi connectivity index (χ4n) is 7.85. The van der Waals surface area contributed by atoms with Crippen LogP contribution in [0.2, 0.25) is 0 Å². The number of halogens is 3. The summed E-state index contributed by atoms with van der Waals surface area (Å²) in [5.41, 5.74) is 0.153. The van der Waals surface area contributed by atoms with Gasteiger partial charge in [0.25, 0.3) is 5.91 Å². The summed E-state index contributed by atoms with van der Waals surface area (Å²) in [6.45, 7) is -0.0663. The Morgan fingerprint density at radius 1 is 1.00 bits per heavy atom. The van der Waals surface area contributed by atoms with E-state index in [0.717, 1.165) is 36.3 Å². The Morgan fingerprint density at radius 3 is 2.60 bits per heavy atom. The largest absolute Gasteiger partial charge is 0.444 e. The lowest BCUT2D eigenvalue weighted by Gasteiger charge is -2.29. The van der Waals surface area contributed by atoms with Crippen LogP contribution in [0.3, 0.4) is 0 Å². The zero-order valence-electron chi connectivity index (χ0n) is 30.7. The summed E-state index contributed by atoms with van der Waals surface area (Å²) in [7, 11) is -3.94. The van der Waals surface area contributed by atoms with Gasteiger partial charge in [-0.1, -0.05) is 37.1 Å². The molecule has 4 amide bonds. The minimum absolute atomic E-state index is 0.0111. The predicted octanol–water partition coefficient (Wildman–Crippen LogP) is 5.13. The first-order valence-electron chi connectivity index (χ1n) is 19.1. The molecule has 1 aromatic heterocycles. The molecule has 3 aliphatic heterocycles. The summed E-state index contributed by atoms with van der Waals surface area (Å²) in [5.74, 6) is -5.01. The van der Waals surface area contributed by atoms with Crippen LogP contribution in [0.15, 0.2) is 53.9 Å². The highest BCUT2D eigenvalue weighted by molar-refractivity contribution is 7.91. The summed E-state index contributed by atoms with van der Waals surface area (Å²) in [6.07, 6.45) is 6.04. The van der Waals surface area contributed by atoms with Gasteiger partial charge in [0, 0.05) is 35.4 Å². The lowest BCUT2D eigenvalue weighted by molar-refractivity contribution is -0.140. The molecule has 8 rings (SSSR count). The monoisotopic (exact) mass is 826 g/mol. The molecule has 0 radical (unpaired) electrons. The van der Waals surface area contributed by atoms with E-state index in [1.807, 2.05) is 12.2 Å². The second-order valence-electron chi connectivity index (χ2n) is 15.4. The number of nitrogens with zero attached hydrogens (tertiary/aromatic N) is 3. The number of hydrogen-bond acceptors (Lipinski definition) is 10. The molecule has 3 fully saturated rings. The summed E-state index contributed by atoms with van der Waals surface area (Å²) in [6, 6.07) is 5.89. The summed E-state index contributed by atoms with van der Waals surface area (Å²) >= 11 is 1.16. The van der Waals surface area contributed by atoms with Gasteiger partial charge < -0.3 is 20.3 Å². The first-order valence-corrected chi connectivity index (χ1v) is 21.5. The summed E-state index contributed by atoms with van der Waals surface area (Å²) < 4.78 is 75.8. The molecule has 2 aromatic carbocycles. The van der Waals surface area contributed by atoms with Gasteiger partial charge in [-0.15, -0.1) is 11.3 Å². The lowest BCUT2D eigenvalue weighted by atomic mass is 10.1. The molecular formula is C39H41F3N6O7S2. The molecule has 18 heteroatoms. The number of nitrogens with one attached hydrogen (secondary N) is 3. The van der Waals surface area contributed by atoms with Crippen LogP contribution in [-0.4, -0.2) is 82.5 Å². The number of rotatable bonds is 7. The zero-order chi connectivity index (χ0) is 40.1. The van der Waals surface area contributed by atoms with Crippen molar-refractivity contribution in [3.63, 3.8) is 0 Å². The van der Waals surface area contributed by atoms with Crippen LogP contribution in [0.4, 0.5) is 23.1 Å². The lowest BCUT2D eigenvalue weighted by Crippen LogP contribution is -2.57. The van der Waals surface area contributed by atoms with E-state index in [1.165, 1.54) is 21.9 Å². The van der Waals surface area contributed by atoms with Crippen molar-refractivity contribution in [2.75, 3.05) is 11.9 Å². The number of benzene rings is 2. The van der Waals surface area contributed by atoms with E-state index in [1.54, 1.807) is 17.5 Å². The first kappa shape index (κ1) is 38.9. The van der Waals surface area contributed by atoms with Crippen LogP contribution in [0, 0.1) is 23.4 Å². The molecule has 2 aliphatic carbocycles. The van der Waals surface area contributed by atoms with Gasteiger partial charge in [-0.05, 0) is 68.4 Å². The number of amides is 4. The number of carbonyl (C=O) groups is 4. The minimum Gasteiger partial charge on any atom is -0.444 e. The number of carbonyl (C=O) groups excluding carboxylic acids is 4. The minimum atomic E-state index is -3.94. The molecule has 5 aliphatic rings. The second-order valence-corrected chi connectivity index (χ2v) is 18.2. The molecule has 0 unspecified atom stereocenters. The Balaban J connectivity index is 1.06. The molecule has 3 aromatic rings. The van der Waals surface area contributed by atoms with Crippen molar-refractivity contribution in [2.45, 2.75) is 99.9 Å². The fourth-order valence-corrected chi connectivity index (χ4v) is 9.99. The van der Waals surface area contributed by atoms with Gasteiger partial charge >= 0.3 is 6.09 Å². The van der Waals surface area contributed by atoms with E-state index in [-0.39, 0.29) is 32.5 Å². The third-order valence-electron chi connectivity index (χ3n) is 11.3. The normalized spacial score (nSPS) is 26.9. The Kier molecular flexibility index (Phi) is 10.5. The number of sulfonamides is 1. The average molecular weight is 827 g/mol. The van der Waals surface area contributed by atoms with Gasteiger partial charge in [0.1, 0.15) is 29.5 Å². The molecule has 2 saturated carbocycles. The maximum atomic E-state index is 14.6. The topological polar surface area (TPSA) is 167 Å². The standard InChI is InChI=1S/C39H41F3N6O7S2/c40-28-9-6-7-23-18-47(20-27(23)28)38(52)55-25-16-33-34(49)45-39(36(51)46-57(53,54)26-12-13-26)17-24(39)8-4-2-1-3-5-10-31(35(50)48(33)19-25)43-37-44-32(21-56-37)22-11-14-29(41)30(42)15-22/h4,6-9,11,14-15,21,24-26,31,33H,1-3,5,10,12-13,16-20H2,(H,43,44)(H,45,49)(H,46,51)/b8-4-/t24-,25+,31-,33-,39+/m0/s1. The van der Waals surface area contributed by atoms with E-state index in [4.69, 9.17) is 4.74 Å². The van der Waals surface area contributed by atoms with Crippen LogP contribution in [0.25, 0.3) is 11.3 Å². The van der Waals surface area contributed by atoms with E-state index in [2.05, 4.69) is 20.3 Å². The predicted molar refractivity (Wildman–Crippen MR) is 202 cm³/mol. The van der Waals surface area contributed by atoms with Crippen LogP contribution in [0.1, 0.15) is 68.9 Å². The Bertz CT molecular complexity index is 2250. The zero-order valence-corrected chi connectivity index (χ0v) is 32.4. The molecule has 3 N–H and O–H groups in total.